The zero-order chi connectivity index (χ0) is 13.9. The Morgan fingerprint density at radius 1 is 1.06 bits per heavy atom. The number of hydrogen-bond acceptors (Lipinski definition) is 1. The van der Waals surface area contributed by atoms with Crippen LogP contribution in [-0.2, 0) is 4.79 Å². The van der Waals surface area contributed by atoms with Gasteiger partial charge in [-0.1, -0.05) is 19.1 Å². The minimum Gasteiger partial charge on any atom is -0.309 e. The van der Waals surface area contributed by atoms with Crippen molar-refractivity contribution in [1.82, 2.24) is 5.32 Å². The molecule has 1 N–H and O–H groups in total. The molecule has 1 amide bonds. The molecule has 0 fully saturated rings. The summed E-state index contributed by atoms with van der Waals surface area (Å²) in [4.78, 5) is 11.7. The number of hydrogen-bond donors (Lipinski definition) is 1. The van der Waals surface area contributed by atoms with Crippen molar-refractivity contribution in [2.45, 2.75) is 53.4 Å². The van der Waals surface area contributed by atoms with Crippen molar-refractivity contribution < 1.29 is 9.28 Å². The molecular weight excluding hydrogens is 224 g/mol. The number of unbranched alkanes of at least 4 members (excludes halogenated alkanes) is 1. The van der Waals surface area contributed by atoms with Gasteiger partial charge < -0.3 is 9.80 Å². The van der Waals surface area contributed by atoms with Crippen molar-refractivity contribution in [2.24, 2.45) is 0 Å². The molecule has 0 rings (SSSR count). The maximum atomic E-state index is 11.7. The van der Waals surface area contributed by atoms with Crippen LogP contribution in [0.3, 0.4) is 0 Å². The van der Waals surface area contributed by atoms with Crippen LogP contribution in [0, 0.1) is 0 Å². The molecule has 3 nitrogen and oxygen atoms in total. The standard InChI is InChI=1S/C15H30N2O/c1-5-9-10-11-12-13-15(18)16-14-17(6-2,7-3)8-4/h9-10H,5-8,11-14H2,1-4H3/p+1/b10-9+. The summed E-state index contributed by atoms with van der Waals surface area (Å²) in [5.74, 6) is 0.192. The zero-order valence-electron chi connectivity index (χ0n) is 12.7. The van der Waals surface area contributed by atoms with E-state index in [0.29, 0.717) is 6.42 Å². The Bertz CT molecular complexity index is 237. The molecule has 0 radical (unpaired) electrons. The van der Waals surface area contributed by atoms with E-state index in [1.54, 1.807) is 0 Å². The number of nitrogens with zero attached hydrogens (tertiary/aromatic N) is 1. The number of carbonyl (C=O) groups is 1. The average molecular weight is 255 g/mol. The third-order valence-corrected chi connectivity index (χ3v) is 3.80. The van der Waals surface area contributed by atoms with Crippen molar-refractivity contribution in [3.8, 4) is 0 Å². The molecular formula is C15H31N2O+. The molecule has 0 aliphatic heterocycles. The van der Waals surface area contributed by atoms with E-state index in [0.717, 1.165) is 50.0 Å². The molecule has 0 heterocycles. The SMILES string of the molecule is CC/C=C/CCCC(=O)NC[N+](CC)(CC)CC. The van der Waals surface area contributed by atoms with Crippen LogP contribution in [-0.4, -0.2) is 36.7 Å². The fourth-order valence-corrected chi connectivity index (χ4v) is 2.02. The van der Waals surface area contributed by atoms with Crippen molar-refractivity contribution in [1.29, 1.82) is 0 Å². The Hall–Kier alpha value is -0.830. The van der Waals surface area contributed by atoms with Crippen LogP contribution < -0.4 is 5.32 Å². The molecule has 0 bridgehead atoms. The Morgan fingerprint density at radius 3 is 2.17 bits per heavy atom. The normalized spacial score (nSPS) is 12.0. The summed E-state index contributed by atoms with van der Waals surface area (Å²) in [5.41, 5.74) is 0. The van der Waals surface area contributed by atoms with Crippen LogP contribution in [0.5, 0.6) is 0 Å². The Balaban J connectivity index is 3.84. The first-order valence-electron chi connectivity index (χ1n) is 7.40. The van der Waals surface area contributed by atoms with Crippen LogP contribution in [0.25, 0.3) is 0 Å². The summed E-state index contributed by atoms with van der Waals surface area (Å²) < 4.78 is 0.974. The molecule has 0 aromatic carbocycles. The second-order valence-corrected chi connectivity index (χ2v) is 4.82. The van der Waals surface area contributed by atoms with Gasteiger partial charge in [0.15, 0.2) is 6.67 Å². The molecule has 0 atom stereocenters. The highest BCUT2D eigenvalue weighted by molar-refractivity contribution is 5.75. The summed E-state index contributed by atoms with van der Waals surface area (Å²) in [7, 11) is 0. The smallest absolute Gasteiger partial charge is 0.224 e. The molecule has 0 unspecified atom stereocenters. The lowest BCUT2D eigenvalue weighted by Crippen LogP contribution is -2.54. The lowest BCUT2D eigenvalue weighted by molar-refractivity contribution is -0.924. The van der Waals surface area contributed by atoms with E-state index in [2.05, 4.69) is 45.2 Å². The van der Waals surface area contributed by atoms with E-state index in [1.165, 1.54) is 0 Å². The highest BCUT2D eigenvalue weighted by atomic mass is 16.1. The molecule has 0 saturated carbocycles. The van der Waals surface area contributed by atoms with Crippen molar-refractivity contribution in [3.05, 3.63) is 12.2 Å². The number of allylic oxidation sites excluding steroid dienone is 2. The van der Waals surface area contributed by atoms with E-state index < -0.39 is 0 Å². The summed E-state index contributed by atoms with van der Waals surface area (Å²) in [6, 6.07) is 0. The predicted octanol–water partition coefficient (Wildman–Crippen LogP) is 3.07. The van der Waals surface area contributed by atoms with Crippen LogP contribution in [0.4, 0.5) is 0 Å². The maximum Gasteiger partial charge on any atom is 0.224 e. The van der Waals surface area contributed by atoms with E-state index >= 15 is 0 Å². The van der Waals surface area contributed by atoms with Crippen LogP contribution >= 0.6 is 0 Å². The van der Waals surface area contributed by atoms with E-state index in [-0.39, 0.29) is 5.91 Å². The first kappa shape index (κ1) is 17.2. The Kier molecular flexibility index (Phi) is 9.66. The molecule has 3 heteroatoms. The Labute approximate surface area is 113 Å². The first-order valence-corrected chi connectivity index (χ1v) is 7.40. The van der Waals surface area contributed by atoms with Gasteiger partial charge >= 0.3 is 0 Å². The quantitative estimate of drug-likeness (QED) is 0.276. The highest BCUT2D eigenvalue weighted by Crippen LogP contribution is 2.04. The summed E-state index contributed by atoms with van der Waals surface area (Å²) in [6.07, 6.45) is 8.01. The fraction of sp³-hybridized carbons (Fsp3) is 0.800. The molecule has 106 valence electrons. The third-order valence-electron chi connectivity index (χ3n) is 3.80. The van der Waals surface area contributed by atoms with Crippen molar-refractivity contribution >= 4 is 5.91 Å². The fourth-order valence-electron chi connectivity index (χ4n) is 2.02. The van der Waals surface area contributed by atoms with Crippen LogP contribution in [0.1, 0.15) is 53.4 Å². The summed E-state index contributed by atoms with van der Waals surface area (Å²) in [6.45, 7) is 12.7. The number of rotatable bonds is 10. The van der Waals surface area contributed by atoms with Gasteiger partial charge in [0.1, 0.15) is 0 Å². The van der Waals surface area contributed by atoms with Crippen LogP contribution in [0.15, 0.2) is 12.2 Å². The summed E-state index contributed by atoms with van der Waals surface area (Å²) >= 11 is 0. The first-order chi connectivity index (χ1) is 8.64. The third kappa shape index (κ3) is 6.80. The number of amides is 1. The zero-order valence-corrected chi connectivity index (χ0v) is 12.7. The highest BCUT2D eigenvalue weighted by Gasteiger charge is 2.20. The molecule has 0 aromatic heterocycles. The largest absolute Gasteiger partial charge is 0.309 e. The van der Waals surface area contributed by atoms with Crippen LogP contribution in [0.2, 0.25) is 0 Å². The van der Waals surface area contributed by atoms with Gasteiger partial charge in [0.2, 0.25) is 5.91 Å². The lowest BCUT2D eigenvalue weighted by Gasteiger charge is -2.35. The number of quaternary nitrogens is 1. The molecule has 0 aromatic rings. The lowest BCUT2D eigenvalue weighted by atomic mass is 10.2. The number of nitrogens with one attached hydrogen (secondary N) is 1. The van der Waals surface area contributed by atoms with E-state index in [4.69, 9.17) is 0 Å². The predicted molar refractivity (Wildman–Crippen MR) is 78.2 cm³/mol. The monoisotopic (exact) mass is 255 g/mol. The second-order valence-electron chi connectivity index (χ2n) is 4.82. The summed E-state index contributed by atoms with van der Waals surface area (Å²) in [5, 5.41) is 3.08. The van der Waals surface area contributed by atoms with Gasteiger partial charge in [-0.05, 0) is 40.0 Å². The van der Waals surface area contributed by atoms with Gasteiger partial charge in [0, 0.05) is 6.42 Å². The minimum absolute atomic E-state index is 0.192. The van der Waals surface area contributed by atoms with Gasteiger partial charge in [0.25, 0.3) is 0 Å². The minimum atomic E-state index is 0.192. The van der Waals surface area contributed by atoms with Gasteiger partial charge in [-0.25, -0.2) is 0 Å². The van der Waals surface area contributed by atoms with E-state index in [1.807, 2.05) is 0 Å². The topological polar surface area (TPSA) is 29.1 Å². The van der Waals surface area contributed by atoms with E-state index in [9.17, 15) is 4.79 Å². The van der Waals surface area contributed by atoms with Gasteiger partial charge in [0.05, 0.1) is 19.6 Å². The maximum absolute atomic E-state index is 11.7. The molecule has 0 aliphatic rings. The number of carbonyl (C=O) groups excluding carboxylic acids is 1. The molecule has 0 aliphatic carbocycles. The molecule has 0 saturated heterocycles. The second kappa shape index (κ2) is 10.1. The van der Waals surface area contributed by atoms with Gasteiger partial charge in [-0.2, -0.15) is 0 Å². The van der Waals surface area contributed by atoms with Crippen molar-refractivity contribution in [2.75, 3.05) is 26.3 Å². The molecule has 0 spiro atoms. The Morgan fingerprint density at radius 2 is 1.67 bits per heavy atom. The van der Waals surface area contributed by atoms with Gasteiger partial charge in [-0.3, -0.25) is 4.79 Å². The van der Waals surface area contributed by atoms with Crippen molar-refractivity contribution in [3.63, 3.8) is 0 Å². The molecule has 18 heavy (non-hydrogen) atoms. The van der Waals surface area contributed by atoms with Gasteiger partial charge in [-0.15, -0.1) is 0 Å². The average Bonchev–Trinajstić information content (AvgIpc) is 2.41.